The van der Waals surface area contributed by atoms with Crippen LogP contribution in [0.2, 0.25) is 5.02 Å². The molecule has 150 valence electrons. The molecule has 0 aliphatic carbocycles. The summed E-state index contributed by atoms with van der Waals surface area (Å²) < 4.78 is 10.6. The first-order chi connectivity index (χ1) is 12.8. The maximum Gasteiger partial charge on any atom is 0.239 e. The number of nitrogens with one attached hydrogen (secondary N) is 2. The highest BCUT2D eigenvalue weighted by atomic mass is 35.5. The van der Waals surface area contributed by atoms with Gasteiger partial charge in [-0.2, -0.15) is 0 Å². The highest BCUT2D eigenvalue weighted by molar-refractivity contribution is 6.31. The Morgan fingerprint density at radius 2 is 1.93 bits per heavy atom. The number of carbonyl (C=O) groups excluding carboxylic acids is 2. The van der Waals surface area contributed by atoms with Gasteiger partial charge < -0.3 is 20.1 Å². The fourth-order valence-electron chi connectivity index (χ4n) is 2.68. The van der Waals surface area contributed by atoms with Crippen LogP contribution < -0.4 is 15.4 Å². The fourth-order valence-corrected chi connectivity index (χ4v) is 2.84. The molecule has 7 nitrogen and oxygen atoms in total. The summed E-state index contributed by atoms with van der Waals surface area (Å²) in [5.74, 6) is -0.285. The second-order valence-corrected chi connectivity index (χ2v) is 7.50. The summed E-state index contributed by atoms with van der Waals surface area (Å²) in [7, 11) is 1.50. The number of methoxy groups -OCH3 is 1. The first-order valence-corrected chi connectivity index (χ1v) is 9.37. The van der Waals surface area contributed by atoms with Crippen molar-refractivity contribution in [2.24, 2.45) is 5.41 Å². The van der Waals surface area contributed by atoms with Crippen molar-refractivity contribution in [3.8, 4) is 5.75 Å². The Bertz CT molecular complexity index is 688. The molecule has 0 unspecified atom stereocenters. The molecule has 0 spiro atoms. The Morgan fingerprint density at radius 1 is 1.26 bits per heavy atom. The zero-order valence-electron chi connectivity index (χ0n) is 16.4. The summed E-state index contributed by atoms with van der Waals surface area (Å²) in [6.45, 7) is 9.39. The maximum atomic E-state index is 12.7. The molecule has 0 radical (unpaired) electrons. The third-order valence-electron chi connectivity index (χ3n) is 4.68. The van der Waals surface area contributed by atoms with Gasteiger partial charge in [-0.1, -0.05) is 11.6 Å². The van der Waals surface area contributed by atoms with Gasteiger partial charge in [0.2, 0.25) is 11.8 Å². The third kappa shape index (κ3) is 5.57. The van der Waals surface area contributed by atoms with Crippen molar-refractivity contribution in [3.05, 3.63) is 22.7 Å². The molecule has 1 aliphatic rings. The summed E-state index contributed by atoms with van der Waals surface area (Å²) in [6.07, 6.45) is 0. The van der Waals surface area contributed by atoms with Crippen LogP contribution in [0.15, 0.2) is 12.1 Å². The molecule has 8 heteroatoms. The molecule has 0 saturated carbocycles. The van der Waals surface area contributed by atoms with Crippen LogP contribution in [0, 0.1) is 12.3 Å². The van der Waals surface area contributed by atoms with Crippen LogP contribution in [-0.4, -0.2) is 63.2 Å². The van der Waals surface area contributed by atoms with Crippen LogP contribution in [0.4, 0.5) is 5.69 Å². The lowest BCUT2D eigenvalue weighted by molar-refractivity contribution is -0.138. The summed E-state index contributed by atoms with van der Waals surface area (Å²) >= 11 is 6.09. The highest BCUT2D eigenvalue weighted by Crippen LogP contribution is 2.32. The molecule has 27 heavy (non-hydrogen) atoms. The number of benzene rings is 1. The number of carbonyl (C=O) groups is 2. The minimum Gasteiger partial charge on any atom is -0.495 e. The van der Waals surface area contributed by atoms with Crippen molar-refractivity contribution in [1.82, 2.24) is 10.2 Å². The molecule has 0 atom stereocenters. The van der Waals surface area contributed by atoms with Crippen LogP contribution in [0.3, 0.4) is 0 Å². The molecule has 0 aromatic heterocycles. The van der Waals surface area contributed by atoms with Crippen molar-refractivity contribution in [2.45, 2.75) is 20.8 Å². The van der Waals surface area contributed by atoms with E-state index in [2.05, 4.69) is 15.5 Å². The Hall–Kier alpha value is -1.83. The van der Waals surface area contributed by atoms with Gasteiger partial charge in [-0.3, -0.25) is 14.5 Å². The lowest BCUT2D eigenvalue weighted by atomic mass is 9.91. The molecular weight excluding hydrogens is 370 g/mol. The first kappa shape index (κ1) is 21.5. The van der Waals surface area contributed by atoms with E-state index in [1.54, 1.807) is 26.0 Å². The van der Waals surface area contributed by atoms with Gasteiger partial charge in [-0.15, -0.1) is 0 Å². The van der Waals surface area contributed by atoms with E-state index in [-0.39, 0.29) is 5.91 Å². The predicted octanol–water partition coefficient (Wildman–Crippen LogP) is 2.07. The number of amides is 2. The number of nitrogens with zero attached hydrogens (tertiary/aromatic N) is 1. The molecule has 0 bridgehead atoms. The Kier molecular flexibility index (Phi) is 7.47. The van der Waals surface area contributed by atoms with Gasteiger partial charge in [0.1, 0.15) is 11.2 Å². The van der Waals surface area contributed by atoms with Gasteiger partial charge in [0, 0.05) is 37.3 Å². The monoisotopic (exact) mass is 397 g/mol. The van der Waals surface area contributed by atoms with Crippen molar-refractivity contribution in [2.75, 3.05) is 51.8 Å². The number of halogens is 1. The fraction of sp³-hybridized carbons (Fsp3) is 0.579. The van der Waals surface area contributed by atoms with Gasteiger partial charge in [0.05, 0.1) is 26.0 Å². The van der Waals surface area contributed by atoms with E-state index < -0.39 is 11.3 Å². The first-order valence-electron chi connectivity index (χ1n) is 8.99. The maximum absolute atomic E-state index is 12.7. The normalized spacial score (nSPS) is 15.3. The highest BCUT2D eigenvalue weighted by Gasteiger charge is 2.36. The van der Waals surface area contributed by atoms with Gasteiger partial charge in [0.15, 0.2) is 0 Å². The average molecular weight is 398 g/mol. The zero-order valence-corrected chi connectivity index (χ0v) is 17.1. The van der Waals surface area contributed by atoms with Crippen LogP contribution in [-0.2, 0) is 14.3 Å². The van der Waals surface area contributed by atoms with Gasteiger partial charge in [-0.05, 0) is 32.4 Å². The van der Waals surface area contributed by atoms with Crippen LogP contribution in [0.1, 0.15) is 19.4 Å². The van der Waals surface area contributed by atoms with Crippen molar-refractivity contribution < 1.29 is 19.1 Å². The summed E-state index contributed by atoms with van der Waals surface area (Å²) in [5.41, 5.74) is 0.0583. The average Bonchev–Trinajstić information content (AvgIpc) is 2.65. The minimum atomic E-state index is -1.23. The quantitative estimate of drug-likeness (QED) is 0.688. The number of hydrogen-bond donors (Lipinski definition) is 2. The van der Waals surface area contributed by atoms with E-state index in [0.29, 0.717) is 36.2 Å². The number of aryl methyl sites for hydroxylation is 1. The number of rotatable bonds is 7. The van der Waals surface area contributed by atoms with Crippen LogP contribution in [0.5, 0.6) is 5.75 Å². The van der Waals surface area contributed by atoms with Gasteiger partial charge >= 0.3 is 0 Å². The van der Waals surface area contributed by atoms with Crippen LogP contribution >= 0.6 is 11.6 Å². The Balaban J connectivity index is 1.95. The standard InChI is InChI=1S/C19H28ClN3O4/c1-13-11-15(16(26-4)12-14(13)20)22-18(25)19(2,3)17(24)21-5-6-23-7-9-27-10-8-23/h11-12H,5-10H2,1-4H3,(H,21,24)(H,22,25). The number of ether oxygens (including phenoxy) is 2. The van der Waals surface area contributed by atoms with Crippen LogP contribution in [0.25, 0.3) is 0 Å². The third-order valence-corrected chi connectivity index (χ3v) is 5.09. The van der Waals surface area contributed by atoms with Crippen molar-refractivity contribution in [3.63, 3.8) is 0 Å². The molecule has 2 N–H and O–H groups in total. The molecule has 1 aromatic carbocycles. The number of hydrogen-bond acceptors (Lipinski definition) is 5. The Morgan fingerprint density at radius 3 is 2.56 bits per heavy atom. The van der Waals surface area contributed by atoms with Gasteiger partial charge in [0.25, 0.3) is 0 Å². The van der Waals surface area contributed by atoms with E-state index in [1.165, 1.54) is 7.11 Å². The molecule has 1 heterocycles. The van der Waals surface area contributed by atoms with E-state index in [0.717, 1.165) is 25.2 Å². The molecule has 2 amide bonds. The van der Waals surface area contributed by atoms with E-state index in [9.17, 15) is 9.59 Å². The molecule has 1 aromatic rings. The SMILES string of the molecule is COc1cc(Cl)c(C)cc1NC(=O)C(C)(C)C(=O)NCCN1CCOCC1. The number of morpholine rings is 1. The zero-order chi connectivity index (χ0) is 20.0. The van der Waals surface area contributed by atoms with E-state index in [1.807, 2.05) is 6.92 Å². The van der Waals surface area contributed by atoms with Crippen molar-refractivity contribution >= 4 is 29.1 Å². The summed E-state index contributed by atoms with van der Waals surface area (Å²) in [4.78, 5) is 27.5. The van der Waals surface area contributed by atoms with E-state index >= 15 is 0 Å². The molecule has 1 fully saturated rings. The second kappa shape index (κ2) is 9.39. The lowest BCUT2D eigenvalue weighted by Gasteiger charge is -2.28. The van der Waals surface area contributed by atoms with Crippen molar-refractivity contribution in [1.29, 1.82) is 0 Å². The molecular formula is C19H28ClN3O4. The predicted molar refractivity (Wildman–Crippen MR) is 105 cm³/mol. The summed E-state index contributed by atoms with van der Waals surface area (Å²) in [6, 6.07) is 3.37. The molecule has 1 aliphatic heterocycles. The van der Waals surface area contributed by atoms with Gasteiger partial charge in [-0.25, -0.2) is 0 Å². The summed E-state index contributed by atoms with van der Waals surface area (Å²) in [5, 5.41) is 6.18. The smallest absolute Gasteiger partial charge is 0.239 e. The topological polar surface area (TPSA) is 79.9 Å². The molecule has 2 rings (SSSR count). The second-order valence-electron chi connectivity index (χ2n) is 7.09. The lowest BCUT2D eigenvalue weighted by Crippen LogP contribution is -2.48. The largest absolute Gasteiger partial charge is 0.495 e. The van der Waals surface area contributed by atoms with E-state index in [4.69, 9.17) is 21.1 Å². The number of anilines is 1. The molecule has 1 saturated heterocycles. The minimum absolute atomic E-state index is 0.321. The Labute approximate surface area is 165 Å².